The van der Waals surface area contributed by atoms with Crippen molar-refractivity contribution in [3.8, 4) is 0 Å². The maximum atomic E-state index is 11.7. The van der Waals surface area contributed by atoms with Crippen molar-refractivity contribution in [3.05, 3.63) is 21.3 Å². The minimum Gasteiger partial charge on any atom is -0.393 e. The molecule has 0 bridgehead atoms. The van der Waals surface area contributed by atoms with E-state index in [2.05, 4.69) is 5.32 Å². The van der Waals surface area contributed by atoms with Gasteiger partial charge in [0.05, 0.1) is 15.3 Å². The van der Waals surface area contributed by atoms with Crippen molar-refractivity contribution >= 4 is 34.6 Å². The van der Waals surface area contributed by atoms with E-state index in [1.807, 2.05) is 6.92 Å². The summed E-state index contributed by atoms with van der Waals surface area (Å²) >= 11 is 6.97. The Balaban J connectivity index is 2.21. The fourth-order valence-corrected chi connectivity index (χ4v) is 2.50. The quantitative estimate of drug-likeness (QED) is 0.726. The topological polar surface area (TPSA) is 66.4 Å². The molecule has 1 amide bonds. The Hall–Kier alpha value is -0.910. The third-order valence-corrected chi connectivity index (χ3v) is 3.97. The summed E-state index contributed by atoms with van der Waals surface area (Å²) in [4.78, 5) is 23.8. The molecule has 1 unspecified atom stereocenters. The van der Waals surface area contributed by atoms with Crippen molar-refractivity contribution in [2.75, 3.05) is 6.54 Å². The van der Waals surface area contributed by atoms with Gasteiger partial charge in [0.1, 0.15) is 0 Å². The highest BCUT2D eigenvalue weighted by Crippen LogP contribution is 2.22. The van der Waals surface area contributed by atoms with E-state index in [1.165, 1.54) is 11.3 Å². The second kappa shape index (κ2) is 8.30. The smallest absolute Gasteiger partial charge is 0.220 e. The summed E-state index contributed by atoms with van der Waals surface area (Å²) in [7, 11) is 0. The third kappa shape index (κ3) is 6.18. The van der Waals surface area contributed by atoms with Crippen LogP contribution in [0.2, 0.25) is 4.34 Å². The molecule has 2 N–H and O–H groups in total. The second-order valence-electron chi connectivity index (χ2n) is 4.23. The van der Waals surface area contributed by atoms with E-state index >= 15 is 0 Å². The summed E-state index contributed by atoms with van der Waals surface area (Å²) in [6.07, 6.45) is 1.18. The van der Waals surface area contributed by atoms with Gasteiger partial charge in [0.15, 0.2) is 5.78 Å². The fourth-order valence-electron chi connectivity index (χ4n) is 1.49. The van der Waals surface area contributed by atoms with Gasteiger partial charge in [-0.2, -0.15) is 0 Å². The highest BCUT2D eigenvalue weighted by Gasteiger charge is 2.11. The minimum atomic E-state index is -0.379. The van der Waals surface area contributed by atoms with Crippen molar-refractivity contribution in [1.82, 2.24) is 5.32 Å². The zero-order valence-corrected chi connectivity index (χ0v) is 12.4. The molecule has 1 atom stereocenters. The van der Waals surface area contributed by atoms with Gasteiger partial charge in [-0.1, -0.05) is 18.5 Å². The monoisotopic (exact) mass is 303 g/mol. The van der Waals surface area contributed by atoms with Gasteiger partial charge in [0.25, 0.3) is 0 Å². The van der Waals surface area contributed by atoms with Gasteiger partial charge < -0.3 is 10.4 Å². The molecule has 1 aromatic heterocycles. The first-order valence-corrected chi connectivity index (χ1v) is 7.45. The van der Waals surface area contributed by atoms with Crippen molar-refractivity contribution in [2.24, 2.45) is 0 Å². The van der Waals surface area contributed by atoms with Crippen molar-refractivity contribution in [1.29, 1.82) is 0 Å². The summed E-state index contributed by atoms with van der Waals surface area (Å²) in [5.74, 6) is -0.236. The lowest BCUT2D eigenvalue weighted by Gasteiger charge is -2.08. The molecular formula is C13H18ClNO3S. The van der Waals surface area contributed by atoms with Gasteiger partial charge >= 0.3 is 0 Å². The summed E-state index contributed by atoms with van der Waals surface area (Å²) in [6.45, 7) is 2.32. The van der Waals surface area contributed by atoms with E-state index in [-0.39, 0.29) is 30.6 Å². The second-order valence-corrected chi connectivity index (χ2v) is 5.94. The van der Waals surface area contributed by atoms with E-state index < -0.39 is 0 Å². The van der Waals surface area contributed by atoms with Gasteiger partial charge in [-0.3, -0.25) is 9.59 Å². The van der Waals surface area contributed by atoms with Crippen LogP contribution >= 0.6 is 22.9 Å². The molecule has 106 valence electrons. The average Bonchev–Trinajstić information content (AvgIpc) is 2.82. The number of carbonyl (C=O) groups is 2. The number of hydrogen-bond acceptors (Lipinski definition) is 4. The van der Waals surface area contributed by atoms with E-state index in [0.29, 0.717) is 28.6 Å². The highest BCUT2D eigenvalue weighted by atomic mass is 35.5. The Bertz CT molecular complexity index is 433. The van der Waals surface area contributed by atoms with Crippen LogP contribution in [0.25, 0.3) is 0 Å². The molecule has 0 radical (unpaired) electrons. The molecule has 6 heteroatoms. The first-order valence-electron chi connectivity index (χ1n) is 6.26. The largest absolute Gasteiger partial charge is 0.393 e. The summed E-state index contributed by atoms with van der Waals surface area (Å²) < 4.78 is 0.571. The van der Waals surface area contributed by atoms with E-state index in [1.54, 1.807) is 12.1 Å². The molecule has 4 nitrogen and oxygen atoms in total. The number of amides is 1. The van der Waals surface area contributed by atoms with Crippen LogP contribution in [-0.2, 0) is 4.79 Å². The number of aliphatic hydroxyl groups excluding tert-OH is 1. The highest BCUT2D eigenvalue weighted by molar-refractivity contribution is 7.18. The number of aliphatic hydroxyl groups is 1. The van der Waals surface area contributed by atoms with Crippen LogP contribution < -0.4 is 5.32 Å². The number of halogens is 1. The van der Waals surface area contributed by atoms with Crippen LogP contribution in [0.5, 0.6) is 0 Å². The lowest BCUT2D eigenvalue weighted by atomic mass is 10.2. The Morgan fingerprint density at radius 2 is 2.16 bits per heavy atom. The van der Waals surface area contributed by atoms with Crippen LogP contribution in [0.15, 0.2) is 12.1 Å². The third-order valence-electron chi connectivity index (χ3n) is 2.70. The maximum absolute atomic E-state index is 11.7. The molecular weight excluding hydrogens is 286 g/mol. The van der Waals surface area contributed by atoms with Crippen LogP contribution in [0.1, 0.15) is 42.3 Å². The molecule has 1 heterocycles. The first-order chi connectivity index (χ1) is 9.02. The molecule has 1 rings (SSSR count). The molecule has 0 fully saturated rings. The Labute approximate surface area is 121 Å². The van der Waals surface area contributed by atoms with Crippen molar-refractivity contribution < 1.29 is 14.7 Å². The first kappa shape index (κ1) is 16.1. The summed E-state index contributed by atoms with van der Waals surface area (Å²) in [5, 5.41) is 12.0. The van der Waals surface area contributed by atoms with Gasteiger partial charge in [-0.15, -0.1) is 11.3 Å². The summed E-state index contributed by atoms with van der Waals surface area (Å²) in [5.41, 5.74) is 0. The van der Waals surface area contributed by atoms with E-state index in [9.17, 15) is 14.7 Å². The van der Waals surface area contributed by atoms with Gasteiger partial charge in [0.2, 0.25) is 5.91 Å². The molecule has 0 spiro atoms. The minimum absolute atomic E-state index is 0.0688. The number of rotatable bonds is 8. The number of ketones is 1. The van der Waals surface area contributed by atoms with Crippen molar-refractivity contribution in [2.45, 2.75) is 38.7 Å². The average molecular weight is 304 g/mol. The zero-order chi connectivity index (χ0) is 14.3. The molecule has 0 saturated heterocycles. The molecule has 0 aromatic carbocycles. The molecule has 1 aromatic rings. The SMILES string of the molecule is CCC(O)CCNC(=O)CCC(=O)c1ccc(Cl)s1. The van der Waals surface area contributed by atoms with Gasteiger partial charge in [-0.25, -0.2) is 0 Å². The Kier molecular flexibility index (Phi) is 7.05. The maximum Gasteiger partial charge on any atom is 0.220 e. The van der Waals surface area contributed by atoms with Crippen LogP contribution in [0.3, 0.4) is 0 Å². The molecule has 0 aliphatic carbocycles. The number of Topliss-reactive ketones (excluding diaryl/α,β-unsaturated/α-hetero) is 1. The molecule has 0 saturated carbocycles. The van der Waals surface area contributed by atoms with Crippen LogP contribution in [-0.4, -0.2) is 29.4 Å². The normalized spacial score (nSPS) is 12.2. The number of hydrogen-bond donors (Lipinski definition) is 2. The van der Waals surface area contributed by atoms with E-state index in [0.717, 1.165) is 0 Å². The standard InChI is InChI=1S/C13H18ClNO3S/c1-2-9(16)7-8-15-13(18)6-3-10(17)11-4-5-12(14)19-11/h4-5,9,16H,2-3,6-8H2,1H3,(H,15,18). The predicted octanol–water partition coefficient (Wildman–Crippen LogP) is 2.64. The Morgan fingerprint density at radius 3 is 2.74 bits per heavy atom. The fraction of sp³-hybridized carbons (Fsp3) is 0.538. The Morgan fingerprint density at radius 1 is 1.42 bits per heavy atom. The molecule has 0 aliphatic heterocycles. The lowest BCUT2D eigenvalue weighted by Crippen LogP contribution is -2.27. The lowest BCUT2D eigenvalue weighted by molar-refractivity contribution is -0.121. The van der Waals surface area contributed by atoms with E-state index in [4.69, 9.17) is 11.6 Å². The predicted molar refractivity (Wildman–Crippen MR) is 76.8 cm³/mol. The van der Waals surface area contributed by atoms with Crippen LogP contribution in [0.4, 0.5) is 0 Å². The van der Waals surface area contributed by atoms with Crippen molar-refractivity contribution in [3.63, 3.8) is 0 Å². The van der Waals surface area contributed by atoms with Gasteiger partial charge in [-0.05, 0) is 25.0 Å². The molecule has 0 aliphatic rings. The summed E-state index contributed by atoms with van der Waals surface area (Å²) in [6, 6.07) is 3.34. The number of thiophene rings is 1. The van der Waals surface area contributed by atoms with Gasteiger partial charge in [0, 0.05) is 19.4 Å². The number of carbonyl (C=O) groups excluding carboxylic acids is 2. The number of nitrogens with one attached hydrogen (secondary N) is 1. The van der Waals surface area contributed by atoms with Crippen LogP contribution in [0, 0.1) is 0 Å². The molecule has 19 heavy (non-hydrogen) atoms. The zero-order valence-electron chi connectivity index (χ0n) is 10.8.